The molecule has 2 bridgehead atoms. The van der Waals surface area contributed by atoms with Crippen molar-refractivity contribution < 1.29 is 4.79 Å². The highest BCUT2D eigenvalue weighted by molar-refractivity contribution is 5.82. The van der Waals surface area contributed by atoms with E-state index in [0.29, 0.717) is 12.1 Å². The maximum absolute atomic E-state index is 12.8. The van der Waals surface area contributed by atoms with Crippen LogP contribution in [0.3, 0.4) is 0 Å². The standard InChI is InChI=1S/C20H31N3O/c1-6-17(19(24)21-20(2,3)4)23-12-15-11-14-9-7-8-10-16(14)18(13-23)22(15)5/h7-10,15,17-18H,6,11-13H2,1-5H3,(H,21,24)/t15-,17?,18-/m1/s1. The number of rotatable bonds is 3. The molecule has 2 aliphatic heterocycles. The molecule has 2 aliphatic rings. The molecule has 1 aromatic rings. The van der Waals surface area contributed by atoms with E-state index < -0.39 is 0 Å². The monoisotopic (exact) mass is 329 g/mol. The number of hydrogen-bond acceptors (Lipinski definition) is 3. The summed E-state index contributed by atoms with van der Waals surface area (Å²) >= 11 is 0. The van der Waals surface area contributed by atoms with E-state index in [9.17, 15) is 4.79 Å². The van der Waals surface area contributed by atoms with E-state index in [1.54, 1.807) is 0 Å². The van der Waals surface area contributed by atoms with Crippen molar-refractivity contribution in [3.8, 4) is 0 Å². The molecule has 0 aliphatic carbocycles. The number of nitrogens with zero attached hydrogens (tertiary/aromatic N) is 2. The van der Waals surface area contributed by atoms with E-state index in [1.165, 1.54) is 11.1 Å². The van der Waals surface area contributed by atoms with E-state index in [-0.39, 0.29) is 17.5 Å². The molecular weight excluding hydrogens is 298 g/mol. The van der Waals surface area contributed by atoms with Crippen molar-refractivity contribution in [2.45, 2.75) is 64.2 Å². The number of amides is 1. The van der Waals surface area contributed by atoms with Gasteiger partial charge in [0.15, 0.2) is 0 Å². The van der Waals surface area contributed by atoms with Gasteiger partial charge in [0.25, 0.3) is 0 Å². The first-order chi connectivity index (χ1) is 11.3. The maximum Gasteiger partial charge on any atom is 0.237 e. The van der Waals surface area contributed by atoms with Gasteiger partial charge in [-0.05, 0) is 51.8 Å². The van der Waals surface area contributed by atoms with Gasteiger partial charge < -0.3 is 5.32 Å². The highest BCUT2D eigenvalue weighted by Crippen LogP contribution is 2.36. The lowest BCUT2D eigenvalue weighted by atomic mass is 9.85. The van der Waals surface area contributed by atoms with Crippen LogP contribution in [0.25, 0.3) is 0 Å². The van der Waals surface area contributed by atoms with E-state index in [1.807, 2.05) is 20.8 Å². The predicted molar refractivity (Wildman–Crippen MR) is 98.0 cm³/mol. The third-order valence-corrected chi connectivity index (χ3v) is 5.42. The molecule has 0 saturated carbocycles. The van der Waals surface area contributed by atoms with Crippen LogP contribution in [0.2, 0.25) is 0 Å². The molecule has 1 saturated heterocycles. The fraction of sp³-hybridized carbons (Fsp3) is 0.650. The number of piperazine rings is 1. The SMILES string of the molecule is CCC(C(=O)NC(C)(C)C)N1C[C@H]2Cc3ccccc3[C@@H](C1)N2C. The Balaban J connectivity index is 1.81. The van der Waals surface area contributed by atoms with Crippen molar-refractivity contribution in [2.75, 3.05) is 20.1 Å². The zero-order valence-corrected chi connectivity index (χ0v) is 15.7. The summed E-state index contributed by atoms with van der Waals surface area (Å²) in [6.07, 6.45) is 1.93. The van der Waals surface area contributed by atoms with Crippen LogP contribution in [0.1, 0.15) is 51.3 Å². The van der Waals surface area contributed by atoms with E-state index >= 15 is 0 Å². The van der Waals surface area contributed by atoms with Crippen molar-refractivity contribution >= 4 is 5.91 Å². The molecule has 1 amide bonds. The largest absolute Gasteiger partial charge is 0.350 e. The second kappa shape index (κ2) is 6.49. The molecule has 1 fully saturated rings. The summed E-state index contributed by atoms with van der Waals surface area (Å²) in [6.45, 7) is 10.2. The van der Waals surface area contributed by atoms with Gasteiger partial charge in [0, 0.05) is 30.7 Å². The first-order valence-electron chi connectivity index (χ1n) is 9.16. The van der Waals surface area contributed by atoms with Crippen LogP contribution in [0, 0.1) is 0 Å². The normalized spacial score (nSPS) is 25.9. The Kier molecular flexibility index (Phi) is 4.71. The smallest absolute Gasteiger partial charge is 0.237 e. The second-order valence-electron chi connectivity index (χ2n) is 8.36. The first kappa shape index (κ1) is 17.4. The minimum absolute atomic E-state index is 0.0341. The summed E-state index contributed by atoms with van der Waals surface area (Å²) in [7, 11) is 2.23. The zero-order chi connectivity index (χ0) is 17.5. The molecule has 1 N–H and O–H groups in total. The topological polar surface area (TPSA) is 35.6 Å². The summed E-state index contributed by atoms with van der Waals surface area (Å²) in [4.78, 5) is 17.7. The summed E-state index contributed by atoms with van der Waals surface area (Å²) in [5.41, 5.74) is 2.74. The number of benzene rings is 1. The van der Waals surface area contributed by atoms with Gasteiger partial charge in [-0.3, -0.25) is 14.6 Å². The van der Waals surface area contributed by atoms with Crippen molar-refractivity contribution in [1.29, 1.82) is 0 Å². The van der Waals surface area contributed by atoms with Crippen molar-refractivity contribution in [1.82, 2.24) is 15.1 Å². The van der Waals surface area contributed by atoms with Crippen LogP contribution in [0.15, 0.2) is 24.3 Å². The Morgan fingerprint density at radius 2 is 2.00 bits per heavy atom. The average Bonchev–Trinajstić information content (AvgIpc) is 2.47. The molecule has 24 heavy (non-hydrogen) atoms. The third-order valence-electron chi connectivity index (χ3n) is 5.42. The summed E-state index contributed by atoms with van der Waals surface area (Å²) in [5.74, 6) is 0.168. The minimum atomic E-state index is -0.181. The Morgan fingerprint density at radius 1 is 1.29 bits per heavy atom. The molecule has 0 aromatic heterocycles. The molecule has 3 rings (SSSR count). The summed E-state index contributed by atoms with van der Waals surface area (Å²) < 4.78 is 0. The number of nitrogens with one attached hydrogen (secondary N) is 1. The predicted octanol–water partition coefficient (Wildman–Crippen LogP) is 2.59. The molecule has 2 heterocycles. The number of carbonyl (C=O) groups excluding carboxylic acids is 1. The molecular formula is C20H31N3O. The molecule has 4 heteroatoms. The van der Waals surface area contributed by atoms with Gasteiger partial charge in [-0.25, -0.2) is 0 Å². The molecule has 3 atom stereocenters. The molecule has 0 radical (unpaired) electrons. The fourth-order valence-corrected chi connectivity index (χ4v) is 4.22. The van der Waals surface area contributed by atoms with E-state index in [4.69, 9.17) is 0 Å². The highest BCUT2D eigenvalue weighted by atomic mass is 16.2. The zero-order valence-electron chi connectivity index (χ0n) is 15.7. The maximum atomic E-state index is 12.8. The third kappa shape index (κ3) is 3.35. The Labute approximate surface area is 146 Å². The van der Waals surface area contributed by atoms with Crippen LogP contribution < -0.4 is 5.32 Å². The van der Waals surface area contributed by atoms with Crippen molar-refractivity contribution in [3.63, 3.8) is 0 Å². The number of likely N-dealkylation sites (N-methyl/N-ethyl adjacent to an activating group) is 1. The minimum Gasteiger partial charge on any atom is -0.350 e. The van der Waals surface area contributed by atoms with Crippen LogP contribution in [-0.4, -0.2) is 53.5 Å². The van der Waals surface area contributed by atoms with Gasteiger partial charge in [-0.15, -0.1) is 0 Å². The number of hydrogen-bond donors (Lipinski definition) is 1. The van der Waals surface area contributed by atoms with Gasteiger partial charge in [-0.1, -0.05) is 31.2 Å². The van der Waals surface area contributed by atoms with Gasteiger partial charge in [0.1, 0.15) is 0 Å². The first-order valence-corrected chi connectivity index (χ1v) is 9.16. The lowest BCUT2D eigenvalue weighted by Gasteiger charge is -2.51. The molecule has 1 unspecified atom stereocenters. The second-order valence-corrected chi connectivity index (χ2v) is 8.36. The lowest BCUT2D eigenvalue weighted by Crippen LogP contribution is -2.61. The Hall–Kier alpha value is -1.39. The summed E-state index contributed by atoms with van der Waals surface area (Å²) in [5, 5.41) is 3.17. The summed E-state index contributed by atoms with van der Waals surface area (Å²) in [6, 6.07) is 9.65. The van der Waals surface area contributed by atoms with Crippen molar-refractivity contribution in [3.05, 3.63) is 35.4 Å². The van der Waals surface area contributed by atoms with Crippen LogP contribution in [0.4, 0.5) is 0 Å². The number of fused-ring (bicyclic) bond motifs is 4. The molecule has 0 spiro atoms. The van der Waals surface area contributed by atoms with Crippen LogP contribution in [0.5, 0.6) is 0 Å². The lowest BCUT2D eigenvalue weighted by molar-refractivity contribution is -0.130. The van der Waals surface area contributed by atoms with Crippen molar-refractivity contribution in [2.24, 2.45) is 0 Å². The average molecular weight is 329 g/mol. The molecule has 1 aromatic carbocycles. The number of carbonyl (C=O) groups is 1. The Morgan fingerprint density at radius 3 is 2.67 bits per heavy atom. The van der Waals surface area contributed by atoms with Gasteiger partial charge >= 0.3 is 0 Å². The highest BCUT2D eigenvalue weighted by Gasteiger charge is 2.41. The molecule has 132 valence electrons. The quantitative estimate of drug-likeness (QED) is 0.926. The van der Waals surface area contributed by atoms with Crippen LogP contribution >= 0.6 is 0 Å². The van der Waals surface area contributed by atoms with E-state index in [0.717, 1.165) is 25.9 Å². The Bertz CT molecular complexity index is 607. The fourth-order valence-electron chi connectivity index (χ4n) is 4.22. The van der Waals surface area contributed by atoms with Gasteiger partial charge in [0.2, 0.25) is 5.91 Å². The molecule has 4 nitrogen and oxygen atoms in total. The van der Waals surface area contributed by atoms with Gasteiger partial charge in [0.05, 0.1) is 6.04 Å². The van der Waals surface area contributed by atoms with Gasteiger partial charge in [-0.2, -0.15) is 0 Å². The van der Waals surface area contributed by atoms with Crippen LogP contribution in [-0.2, 0) is 11.2 Å². The van der Waals surface area contributed by atoms with E-state index in [2.05, 4.69) is 53.4 Å².